The van der Waals surface area contributed by atoms with Crippen LogP contribution in [-0.2, 0) is 23.9 Å². The van der Waals surface area contributed by atoms with Gasteiger partial charge in [-0.3, -0.25) is 9.36 Å². The normalized spacial score (nSPS) is 19.0. The van der Waals surface area contributed by atoms with E-state index in [1.54, 1.807) is 23.1 Å². The van der Waals surface area contributed by atoms with Crippen molar-refractivity contribution in [1.82, 2.24) is 9.47 Å². The van der Waals surface area contributed by atoms with Crippen molar-refractivity contribution in [2.24, 2.45) is 0 Å². The predicted molar refractivity (Wildman–Crippen MR) is 569 cm³/mol. The lowest BCUT2D eigenvalue weighted by Crippen LogP contribution is -2.37. The first-order valence-corrected chi connectivity index (χ1v) is 50.9. The Balaban J connectivity index is 0.000000124. The number of aromatic nitrogens is 2. The van der Waals surface area contributed by atoms with Gasteiger partial charge in [0, 0.05) is 134 Å². The third kappa shape index (κ3) is 17.7. The lowest BCUT2D eigenvalue weighted by molar-refractivity contribution is -0.667. The number of nitrogens with zero attached hydrogens (tertiary/aromatic N) is 9. The molecule has 660 valence electrons. The van der Waals surface area contributed by atoms with Gasteiger partial charge in [0.1, 0.15) is 21.5 Å². The first-order valence-electron chi connectivity index (χ1n) is 45.9. The molecule has 0 amide bonds. The van der Waals surface area contributed by atoms with Crippen molar-refractivity contribution in [2.45, 2.75) is 157 Å². The van der Waals surface area contributed by atoms with E-state index in [-0.39, 0.29) is 21.8 Å². The Kier molecular flexibility index (Phi) is 27.5. The van der Waals surface area contributed by atoms with Crippen molar-refractivity contribution in [1.29, 1.82) is 0 Å². The fraction of sp³-hybridized carbons (Fsp3) is 0.246. The lowest BCUT2D eigenvalue weighted by atomic mass is 9.80. The zero-order valence-corrected chi connectivity index (χ0v) is 82.4. The predicted octanol–water partition coefficient (Wildman–Crippen LogP) is 27.5. The summed E-state index contributed by atoms with van der Waals surface area (Å²) in [5.41, 5.74) is 22.4. The van der Waals surface area contributed by atoms with Crippen molar-refractivity contribution in [3.05, 3.63) is 390 Å². The highest BCUT2D eigenvalue weighted by molar-refractivity contribution is 8.09. The highest BCUT2D eigenvalue weighted by Gasteiger charge is 2.43. The van der Waals surface area contributed by atoms with Gasteiger partial charge >= 0.3 is 0 Å². The minimum atomic E-state index is 0.0236. The number of para-hydroxylation sites is 4. The summed E-state index contributed by atoms with van der Waals surface area (Å²) in [5, 5.41) is 10.6. The summed E-state index contributed by atoms with van der Waals surface area (Å²) in [7, 11) is 4.38. The van der Waals surface area contributed by atoms with Crippen LogP contribution in [0.3, 0.4) is 0 Å². The monoisotopic (exact) mass is 1820 g/mol. The second kappa shape index (κ2) is 39.5. The molecule has 10 nitrogen and oxygen atoms in total. The number of likely N-dealkylation sites (N-methyl/N-ethyl adjacent to an activating group) is 3. The van der Waals surface area contributed by atoms with Crippen molar-refractivity contribution in [3.8, 4) is 0 Å². The summed E-state index contributed by atoms with van der Waals surface area (Å²) in [6, 6.07) is 89.7. The van der Waals surface area contributed by atoms with Crippen LogP contribution < -0.4 is 48.7 Å². The van der Waals surface area contributed by atoms with Crippen LogP contribution in [0.4, 0.5) is 34.1 Å². The number of aryl methyl sites for hydroxylation is 3. The Morgan fingerprint density at radius 2 is 1.12 bits per heavy atom. The largest absolute Gasteiger partial charge is 0.367 e. The second-order valence-electron chi connectivity index (χ2n) is 34.6. The van der Waals surface area contributed by atoms with Crippen molar-refractivity contribution in [2.75, 3.05) is 76.2 Å². The van der Waals surface area contributed by atoms with E-state index in [4.69, 9.17) is 0 Å². The molecule has 3 atom stereocenters. The first-order chi connectivity index (χ1) is 63.2. The van der Waals surface area contributed by atoms with Crippen LogP contribution in [0.5, 0.6) is 0 Å². The molecule has 2 aromatic heterocycles. The fourth-order valence-electron chi connectivity index (χ4n) is 19.4. The zero-order chi connectivity index (χ0) is 90.6. The molecule has 0 N–H and O–H groups in total. The van der Waals surface area contributed by atoms with Gasteiger partial charge in [-0.2, -0.15) is 4.57 Å². The highest BCUT2D eigenvalue weighted by atomic mass is 32.2. The smallest absolute Gasteiger partial charge is 0.272 e. The average molecular weight is 1820 g/mol. The van der Waals surface area contributed by atoms with Gasteiger partial charge in [0.2, 0.25) is 5.52 Å². The third-order valence-electron chi connectivity index (χ3n) is 26.2. The Labute approximate surface area is 794 Å². The summed E-state index contributed by atoms with van der Waals surface area (Å²) in [5.74, 6) is 0. The molecule has 13 aromatic rings. The van der Waals surface area contributed by atoms with Gasteiger partial charge in [0.05, 0.1) is 54.6 Å². The number of thiazole rings is 1. The number of anilines is 6. The van der Waals surface area contributed by atoms with Gasteiger partial charge in [0.15, 0.2) is 6.20 Å². The topological polar surface area (TPSA) is 48.6 Å². The maximum absolute atomic E-state index is 14.0. The Morgan fingerprint density at radius 1 is 0.515 bits per heavy atom. The van der Waals surface area contributed by atoms with Gasteiger partial charge in [-0.15, -0.1) is 17.9 Å². The van der Waals surface area contributed by atoms with Crippen LogP contribution in [0.2, 0.25) is 0 Å². The molecular formula is C114H118N9OS6+. The number of rotatable bonds is 18. The third-order valence-corrected chi connectivity index (χ3v) is 33.3. The van der Waals surface area contributed by atoms with E-state index in [0.717, 1.165) is 59.9 Å². The van der Waals surface area contributed by atoms with E-state index in [1.807, 2.05) is 57.7 Å². The Hall–Kier alpha value is -11.2. The molecule has 16 heteroatoms. The van der Waals surface area contributed by atoms with Crippen LogP contribution in [0.1, 0.15) is 122 Å². The summed E-state index contributed by atoms with van der Waals surface area (Å²) in [6.45, 7) is 39.2. The molecule has 0 spiro atoms. The molecule has 9 heterocycles. The number of hydrogen-bond donors (Lipinski definition) is 0. The van der Waals surface area contributed by atoms with Gasteiger partial charge in [-0.1, -0.05) is 300 Å². The van der Waals surface area contributed by atoms with Crippen molar-refractivity contribution in [3.63, 3.8) is 0 Å². The highest BCUT2D eigenvalue weighted by Crippen LogP contribution is 2.55. The standard InChI is InChI=1S/C35H35N3OS3.C31H30N2S2.C25H30N2.C23H23N2S/c1-6-19-38-30(42-33(34(38)39)35-36(7-2)27-20-23(4)24(5)21-28(27)40-35)22-29-37(8-3)31(25-15-11-9-12-16-25)32(41-29)26-17-13-10-14-18-26;1-4-21(19-28-32(5-2)30-24-13-9-7-11-22(24)15-17-26(30)34-28)20-29-33(6-3)31-25-14-10-8-12-23(25)16-18-27(31)35-29;1-24(2)18-12-7-9-14-20(18)26(5)22(24)16-11-17-23-25(3,4)19-13-8-10-15-21(19)27(23)6;1-3-24-17-18(16-19-11-5-6-12-20(19)24)10-9-15-23-25(4-2)21-13-7-8-14-22(21)26-23/h6,9-18,20-22,29H,1,7-8,19H2,2-5H3;7-20,28H,4-6H2,1-3H3;7-17,22H,1-6H3;5-17H,3-4H2,1-2H3/q;;;+1/b30-22?,35-33-;21-19-,29-20+;;10-9+,23-15+. The van der Waals surface area contributed by atoms with Gasteiger partial charge in [-0.25, -0.2) is 0 Å². The van der Waals surface area contributed by atoms with Gasteiger partial charge in [-0.05, 0) is 209 Å². The Bertz CT molecular complexity index is 6890. The van der Waals surface area contributed by atoms with E-state index in [1.165, 1.54) is 157 Å². The van der Waals surface area contributed by atoms with E-state index in [2.05, 4.69) is 459 Å². The summed E-state index contributed by atoms with van der Waals surface area (Å²) >= 11 is 10.9. The van der Waals surface area contributed by atoms with E-state index < -0.39 is 0 Å². The molecule has 3 unspecified atom stereocenters. The van der Waals surface area contributed by atoms with E-state index in [9.17, 15) is 4.79 Å². The number of benzene rings is 11. The van der Waals surface area contributed by atoms with Gasteiger partial charge < -0.3 is 34.3 Å². The fourth-order valence-corrected chi connectivity index (χ4v) is 27.2. The SMILES string of the molecule is C=CCn1c(=CC2SC(c3ccccc3)=C(c3ccccc3)N2CC)s/c(=C2\Sc3cc(C)c(C)cc3N2CC)c1=O.CCC(=C/C1Sc2ccc3ccccc3c2N1CC)/C=C1/Sc2ccc3ccccc3c2N1CC.CCN1/C(=C\C=C\c2cc3ccccc3[n+](CC)c2)Sc2ccccc21.CN1C(=CC=CC2N(C)c3ccccc3C2(C)C)C(C)(C)c2ccccc21. The molecule has 0 saturated heterocycles. The summed E-state index contributed by atoms with van der Waals surface area (Å²) < 4.78 is 5.97. The molecule has 0 aliphatic carbocycles. The lowest BCUT2D eigenvalue weighted by Gasteiger charge is -2.29. The van der Waals surface area contributed by atoms with E-state index >= 15 is 0 Å². The molecule has 11 aromatic carbocycles. The number of thioether (sulfide) groups is 5. The quantitative estimate of drug-likeness (QED) is 0.0606. The first kappa shape index (κ1) is 90.7. The molecule has 20 rings (SSSR count). The number of fused-ring (bicyclic) bond motifs is 11. The molecule has 0 saturated carbocycles. The second-order valence-corrected chi connectivity index (χ2v) is 41.1. The minimum absolute atomic E-state index is 0.0236. The molecule has 7 aliphatic rings. The summed E-state index contributed by atoms with van der Waals surface area (Å²) in [4.78, 5) is 37.5. The van der Waals surface area contributed by atoms with Crippen LogP contribution >= 0.6 is 70.1 Å². The molecule has 130 heavy (non-hydrogen) atoms. The maximum atomic E-state index is 14.0. The zero-order valence-electron chi connectivity index (χ0n) is 77.5. The molecular weight excluding hydrogens is 1700 g/mol. The summed E-state index contributed by atoms with van der Waals surface area (Å²) in [6.07, 6.45) is 25.8. The van der Waals surface area contributed by atoms with Gasteiger partial charge in [0.25, 0.3) is 5.56 Å². The van der Waals surface area contributed by atoms with Crippen LogP contribution in [0, 0.1) is 13.8 Å². The molecule has 0 bridgehead atoms. The minimum Gasteiger partial charge on any atom is -0.367 e. The number of pyridine rings is 1. The molecule has 0 fully saturated rings. The Morgan fingerprint density at radius 3 is 1.79 bits per heavy atom. The van der Waals surface area contributed by atoms with E-state index in [0.29, 0.717) is 18.0 Å². The average Bonchev–Trinajstić information content (AvgIpc) is 1.58. The van der Waals surface area contributed by atoms with Crippen molar-refractivity contribution < 1.29 is 4.57 Å². The van der Waals surface area contributed by atoms with Crippen LogP contribution in [0.15, 0.2) is 356 Å². The van der Waals surface area contributed by atoms with Crippen molar-refractivity contribution >= 4 is 165 Å². The van der Waals surface area contributed by atoms with Crippen LogP contribution in [-0.4, -0.2) is 73.1 Å². The number of hydrogen-bond acceptors (Lipinski definition) is 14. The molecule has 0 radical (unpaired) electrons. The maximum Gasteiger partial charge on any atom is 0.272 e. The molecule has 7 aliphatic heterocycles. The van der Waals surface area contributed by atoms with Crippen LogP contribution in [0.25, 0.3) is 60.2 Å². The number of allylic oxidation sites excluding steroid dienone is 8.